The molecule has 2 nitrogen and oxygen atoms in total. The molecule has 1 aromatic heterocycles. The van der Waals surface area contributed by atoms with Gasteiger partial charge < -0.3 is 4.90 Å². The molecule has 1 amide bonds. The van der Waals surface area contributed by atoms with Crippen LogP contribution in [-0.2, 0) is 13.0 Å². The zero-order chi connectivity index (χ0) is 14.8. The lowest BCUT2D eigenvalue weighted by Crippen LogP contribution is -2.36. The molecule has 0 aliphatic carbocycles. The number of carbonyl (C=O) groups is 1. The molecule has 110 valence electrons. The molecule has 21 heavy (non-hydrogen) atoms. The number of thiophene rings is 1. The van der Waals surface area contributed by atoms with Crippen molar-refractivity contribution in [2.24, 2.45) is 0 Å². The summed E-state index contributed by atoms with van der Waals surface area (Å²) in [7, 11) is 0. The summed E-state index contributed by atoms with van der Waals surface area (Å²) in [5.41, 5.74) is 2.72. The standard InChI is InChI=1S/C16H17NOS3/c1-19-13-5-3-4-11-6-8-17(10-12(11)13)16(18)15-14(20-2)7-9-21-15/h3-5,7,9H,6,8,10H2,1-2H3. The third kappa shape index (κ3) is 2.87. The van der Waals surface area contributed by atoms with Gasteiger partial charge in [0.05, 0.1) is 0 Å². The summed E-state index contributed by atoms with van der Waals surface area (Å²) < 4.78 is 0. The van der Waals surface area contributed by atoms with Gasteiger partial charge >= 0.3 is 0 Å². The molecule has 1 aliphatic heterocycles. The number of thioether (sulfide) groups is 2. The van der Waals surface area contributed by atoms with E-state index in [-0.39, 0.29) is 5.91 Å². The number of hydrogen-bond acceptors (Lipinski definition) is 4. The summed E-state index contributed by atoms with van der Waals surface area (Å²) >= 11 is 4.96. The Kier molecular flexibility index (Phi) is 4.62. The smallest absolute Gasteiger partial charge is 0.265 e. The minimum absolute atomic E-state index is 0.177. The maximum atomic E-state index is 12.8. The van der Waals surface area contributed by atoms with Gasteiger partial charge in [-0.3, -0.25) is 4.79 Å². The topological polar surface area (TPSA) is 20.3 Å². The number of rotatable bonds is 3. The normalized spacial score (nSPS) is 14.1. The molecule has 3 rings (SSSR count). The Balaban J connectivity index is 1.87. The molecule has 0 bridgehead atoms. The second-order valence-electron chi connectivity index (χ2n) is 4.89. The molecule has 0 saturated heterocycles. The van der Waals surface area contributed by atoms with Gasteiger partial charge in [0.2, 0.25) is 0 Å². The van der Waals surface area contributed by atoms with E-state index >= 15 is 0 Å². The van der Waals surface area contributed by atoms with Crippen LogP contribution in [0.5, 0.6) is 0 Å². The highest BCUT2D eigenvalue weighted by Crippen LogP contribution is 2.32. The van der Waals surface area contributed by atoms with Crippen molar-refractivity contribution in [2.75, 3.05) is 19.1 Å². The molecule has 0 unspecified atom stereocenters. The van der Waals surface area contributed by atoms with Gasteiger partial charge in [-0.1, -0.05) is 12.1 Å². The van der Waals surface area contributed by atoms with E-state index in [0.29, 0.717) is 0 Å². The average molecular weight is 336 g/mol. The van der Waals surface area contributed by atoms with Crippen molar-refractivity contribution >= 4 is 40.8 Å². The van der Waals surface area contributed by atoms with Crippen molar-refractivity contribution in [3.63, 3.8) is 0 Å². The molecule has 2 heterocycles. The monoisotopic (exact) mass is 335 g/mol. The zero-order valence-electron chi connectivity index (χ0n) is 12.1. The molecule has 1 aromatic carbocycles. The minimum atomic E-state index is 0.177. The number of amides is 1. The Morgan fingerprint density at radius 3 is 2.76 bits per heavy atom. The largest absolute Gasteiger partial charge is 0.333 e. The van der Waals surface area contributed by atoms with Crippen LogP contribution in [0.3, 0.4) is 0 Å². The molecule has 0 radical (unpaired) electrons. The molecule has 5 heteroatoms. The first-order chi connectivity index (χ1) is 10.2. The third-order valence-electron chi connectivity index (χ3n) is 3.78. The Morgan fingerprint density at radius 2 is 2.00 bits per heavy atom. The summed E-state index contributed by atoms with van der Waals surface area (Å²) in [6.45, 7) is 1.55. The van der Waals surface area contributed by atoms with Crippen molar-refractivity contribution in [1.29, 1.82) is 0 Å². The maximum Gasteiger partial charge on any atom is 0.265 e. The maximum absolute atomic E-state index is 12.8. The summed E-state index contributed by atoms with van der Waals surface area (Å²) in [6.07, 6.45) is 5.08. The summed E-state index contributed by atoms with van der Waals surface area (Å²) in [6, 6.07) is 8.49. The van der Waals surface area contributed by atoms with Crippen LogP contribution in [0.15, 0.2) is 39.4 Å². The van der Waals surface area contributed by atoms with Crippen LogP contribution < -0.4 is 0 Å². The summed E-state index contributed by atoms with van der Waals surface area (Å²) in [4.78, 5) is 18.0. The predicted molar refractivity (Wildman–Crippen MR) is 92.8 cm³/mol. The quantitative estimate of drug-likeness (QED) is 0.776. The average Bonchev–Trinajstić information content (AvgIpc) is 3.01. The minimum Gasteiger partial charge on any atom is -0.333 e. The van der Waals surface area contributed by atoms with Crippen LogP contribution in [0.4, 0.5) is 0 Å². The lowest BCUT2D eigenvalue weighted by atomic mass is 9.99. The lowest BCUT2D eigenvalue weighted by molar-refractivity contribution is 0.0735. The number of nitrogens with zero attached hydrogens (tertiary/aromatic N) is 1. The molecule has 0 atom stereocenters. The van der Waals surface area contributed by atoms with Crippen LogP contribution >= 0.6 is 34.9 Å². The first-order valence-corrected chi connectivity index (χ1v) is 10.1. The van der Waals surface area contributed by atoms with E-state index in [1.165, 1.54) is 16.0 Å². The van der Waals surface area contributed by atoms with Gasteiger partial charge in [-0.25, -0.2) is 0 Å². The van der Waals surface area contributed by atoms with Gasteiger partial charge in [-0.2, -0.15) is 0 Å². The summed E-state index contributed by atoms with van der Waals surface area (Å²) in [5, 5.41) is 2.00. The molecule has 2 aromatic rings. The first kappa shape index (κ1) is 15.0. The highest BCUT2D eigenvalue weighted by Gasteiger charge is 2.25. The van der Waals surface area contributed by atoms with Gasteiger partial charge in [0.1, 0.15) is 4.88 Å². The highest BCUT2D eigenvalue weighted by molar-refractivity contribution is 7.99. The van der Waals surface area contributed by atoms with E-state index in [2.05, 4.69) is 24.5 Å². The second kappa shape index (κ2) is 6.46. The van der Waals surface area contributed by atoms with Gasteiger partial charge in [0, 0.05) is 22.9 Å². The van der Waals surface area contributed by atoms with Crippen LogP contribution in [-0.4, -0.2) is 29.9 Å². The molecule has 1 aliphatic rings. The van der Waals surface area contributed by atoms with Gasteiger partial charge in [0.15, 0.2) is 0 Å². The van der Waals surface area contributed by atoms with E-state index in [1.807, 2.05) is 22.6 Å². The van der Waals surface area contributed by atoms with E-state index in [1.54, 1.807) is 34.9 Å². The van der Waals surface area contributed by atoms with Gasteiger partial charge in [0.25, 0.3) is 5.91 Å². The molecule has 0 spiro atoms. The van der Waals surface area contributed by atoms with Crippen molar-refractivity contribution in [2.45, 2.75) is 22.8 Å². The SMILES string of the molecule is CSc1ccsc1C(=O)N1CCc2cccc(SC)c2C1. The lowest BCUT2D eigenvalue weighted by Gasteiger charge is -2.30. The van der Waals surface area contributed by atoms with E-state index in [4.69, 9.17) is 0 Å². The van der Waals surface area contributed by atoms with Crippen molar-refractivity contribution in [3.05, 3.63) is 45.6 Å². The van der Waals surface area contributed by atoms with Gasteiger partial charge in [-0.05, 0) is 47.6 Å². The fourth-order valence-electron chi connectivity index (χ4n) is 2.67. The van der Waals surface area contributed by atoms with Crippen molar-refractivity contribution in [3.8, 4) is 0 Å². The second-order valence-corrected chi connectivity index (χ2v) is 7.51. The zero-order valence-corrected chi connectivity index (χ0v) is 14.5. The van der Waals surface area contributed by atoms with Crippen LogP contribution in [0, 0.1) is 0 Å². The Morgan fingerprint density at radius 1 is 1.19 bits per heavy atom. The third-order valence-corrected chi connectivity index (χ3v) is 6.41. The van der Waals surface area contributed by atoms with Crippen molar-refractivity contribution < 1.29 is 4.79 Å². The van der Waals surface area contributed by atoms with E-state index in [9.17, 15) is 4.79 Å². The molecule has 0 saturated carbocycles. The van der Waals surface area contributed by atoms with Gasteiger partial charge in [-0.15, -0.1) is 34.9 Å². The predicted octanol–water partition coefficient (Wildman–Crippen LogP) is 4.39. The van der Waals surface area contributed by atoms with Crippen LogP contribution in [0.25, 0.3) is 0 Å². The van der Waals surface area contributed by atoms with Crippen molar-refractivity contribution in [1.82, 2.24) is 4.90 Å². The number of hydrogen-bond donors (Lipinski definition) is 0. The molecule has 0 N–H and O–H groups in total. The number of benzene rings is 1. The van der Waals surface area contributed by atoms with Crippen LogP contribution in [0.2, 0.25) is 0 Å². The number of fused-ring (bicyclic) bond motifs is 1. The molecular formula is C16H17NOS3. The Bertz CT molecular complexity index is 651. The van der Waals surface area contributed by atoms with Crippen LogP contribution in [0.1, 0.15) is 20.8 Å². The number of carbonyl (C=O) groups excluding carboxylic acids is 1. The molecular weight excluding hydrogens is 318 g/mol. The Hall–Kier alpha value is -0.910. The Labute approximate surface area is 137 Å². The molecule has 0 fully saturated rings. The first-order valence-electron chi connectivity index (χ1n) is 6.80. The highest BCUT2D eigenvalue weighted by atomic mass is 32.2. The van der Waals surface area contributed by atoms with E-state index in [0.717, 1.165) is 29.3 Å². The fourth-order valence-corrected chi connectivity index (χ4v) is 5.04. The fraction of sp³-hybridized carbons (Fsp3) is 0.312. The summed E-state index contributed by atoms with van der Waals surface area (Å²) in [5.74, 6) is 0.177. The van der Waals surface area contributed by atoms with E-state index < -0.39 is 0 Å².